The molecule has 1 aromatic heterocycles. The van der Waals surface area contributed by atoms with Gasteiger partial charge in [0.1, 0.15) is 11.4 Å². The van der Waals surface area contributed by atoms with Crippen molar-refractivity contribution in [2.75, 3.05) is 7.11 Å². The molecule has 1 saturated heterocycles. The van der Waals surface area contributed by atoms with Crippen molar-refractivity contribution >= 4 is 18.0 Å². The minimum atomic E-state index is -4.50. The molecule has 2 N–H and O–H groups in total. The number of nitrogens with zero attached hydrogens (tertiary/aromatic N) is 2. The second kappa shape index (κ2) is 10.3. The molecule has 8 nitrogen and oxygen atoms in total. The van der Waals surface area contributed by atoms with Crippen molar-refractivity contribution in [3.8, 4) is 22.7 Å². The van der Waals surface area contributed by atoms with Crippen molar-refractivity contribution in [3.63, 3.8) is 0 Å². The first kappa shape index (κ1) is 26.5. The molecule has 0 unspecified atom stereocenters. The summed E-state index contributed by atoms with van der Waals surface area (Å²) in [4.78, 5) is 40.4. The Hall–Kier alpha value is -5.06. The molecule has 3 amide bonds. The van der Waals surface area contributed by atoms with Gasteiger partial charge in [0.25, 0.3) is 11.5 Å². The fourth-order valence-corrected chi connectivity index (χ4v) is 4.36. The second-order valence-electron chi connectivity index (χ2n) is 9.15. The maximum Gasteiger partial charge on any atom is 0.416 e. The zero-order valence-electron chi connectivity index (χ0n) is 21.4. The van der Waals surface area contributed by atoms with Crippen molar-refractivity contribution < 1.29 is 27.5 Å². The van der Waals surface area contributed by atoms with Gasteiger partial charge in [-0.3, -0.25) is 19.6 Å². The summed E-state index contributed by atoms with van der Waals surface area (Å²) in [6.45, 7) is 1.67. The van der Waals surface area contributed by atoms with E-state index in [4.69, 9.17) is 4.74 Å². The second-order valence-corrected chi connectivity index (χ2v) is 9.15. The number of para-hydroxylation sites is 1. The minimum absolute atomic E-state index is 0.102. The van der Waals surface area contributed by atoms with Crippen LogP contribution in [0.1, 0.15) is 22.3 Å². The van der Waals surface area contributed by atoms with Crippen LogP contribution < -0.4 is 15.6 Å². The number of urea groups is 1. The van der Waals surface area contributed by atoms with Crippen LogP contribution in [-0.2, 0) is 17.5 Å². The minimum Gasteiger partial charge on any atom is -0.496 e. The van der Waals surface area contributed by atoms with Gasteiger partial charge in [-0.2, -0.15) is 13.2 Å². The molecule has 0 radical (unpaired) electrons. The lowest BCUT2D eigenvalue weighted by atomic mass is 10.1. The average molecular weight is 549 g/mol. The Morgan fingerprint density at radius 2 is 1.60 bits per heavy atom. The van der Waals surface area contributed by atoms with E-state index >= 15 is 0 Å². The smallest absolute Gasteiger partial charge is 0.416 e. The van der Waals surface area contributed by atoms with Crippen LogP contribution in [0.15, 0.2) is 83.3 Å². The molecule has 1 fully saturated rings. The number of carbonyl (C=O) groups is 2. The molecule has 5 rings (SSSR count). The van der Waals surface area contributed by atoms with Gasteiger partial charge < -0.3 is 10.1 Å². The first-order valence-corrected chi connectivity index (χ1v) is 12.1. The number of hydrogen-bond donors (Lipinski definition) is 2. The Bertz CT molecular complexity index is 1680. The van der Waals surface area contributed by atoms with Gasteiger partial charge in [-0.15, -0.1) is 0 Å². The highest BCUT2D eigenvalue weighted by molar-refractivity contribution is 6.14. The molecule has 2 heterocycles. The highest BCUT2D eigenvalue weighted by Crippen LogP contribution is 2.32. The summed E-state index contributed by atoms with van der Waals surface area (Å²) in [7, 11) is 1.49. The first-order valence-electron chi connectivity index (χ1n) is 12.1. The molecule has 0 aliphatic carbocycles. The predicted molar refractivity (Wildman–Crippen MR) is 142 cm³/mol. The Balaban J connectivity index is 1.54. The van der Waals surface area contributed by atoms with E-state index in [1.54, 1.807) is 36.4 Å². The summed E-state index contributed by atoms with van der Waals surface area (Å²) in [6, 6.07) is 17.7. The number of aromatic nitrogens is 2. The number of hydrogen-bond acceptors (Lipinski definition) is 4. The lowest BCUT2D eigenvalue weighted by molar-refractivity contribution is -0.137. The van der Waals surface area contributed by atoms with Gasteiger partial charge in [0.2, 0.25) is 0 Å². The maximum atomic E-state index is 13.6. The van der Waals surface area contributed by atoms with Crippen molar-refractivity contribution in [1.29, 1.82) is 0 Å². The van der Waals surface area contributed by atoms with Gasteiger partial charge >= 0.3 is 12.2 Å². The van der Waals surface area contributed by atoms with Crippen molar-refractivity contribution in [2.24, 2.45) is 0 Å². The molecular weight excluding hydrogens is 525 g/mol. The van der Waals surface area contributed by atoms with Gasteiger partial charge in [0, 0.05) is 5.56 Å². The number of aromatic amines is 1. The summed E-state index contributed by atoms with van der Waals surface area (Å²) in [6.07, 6.45) is -3.21. The van der Waals surface area contributed by atoms with Crippen LogP contribution in [-0.4, -0.2) is 33.7 Å². The summed E-state index contributed by atoms with van der Waals surface area (Å²) in [5.41, 5.74) is 1.44. The Labute approximate surface area is 226 Å². The Morgan fingerprint density at radius 1 is 0.925 bits per heavy atom. The number of carbonyl (C=O) groups excluding carboxylic acids is 2. The average Bonchev–Trinajstić information content (AvgIpc) is 3.39. The molecule has 11 heteroatoms. The number of alkyl halides is 3. The molecule has 1 aliphatic heterocycles. The van der Waals surface area contributed by atoms with E-state index in [0.29, 0.717) is 28.3 Å². The van der Waals surface area contributed by atoms with Crippen LogP contribution in [0, 0.1) is 6.92 Å². The first-order chi connectivity index (χ1) is 19.1. The van der Waals surface area contributed by atoms with Crippen LogP contribution in [0.5, 0.6) is 5.75 Å². The van der Waals surface area contributed by atoms with Crippen LogP contribution in [0.3, 0.4) is 0 Å². The third-order valence-corrected chi connectivity index (χ3v) is 6.47. The predicted octanol–water partition coefficient (Wildman–Crippen LogP) is 5.26. The molecule has 1 aliphatic rings. The standard InChI is InChI=1S/C29H23F3N4O4/c1-17-7-13-20(14-8-17)36-26(37)22(25(34-36)21-5-3-4-6-24(21)40-2)15-23-27(38)35(28(39)33-23)16-18-9-11-19(12-10-18)29(30,31)32/h3-15,34H,16H2,1-2H3,(H,33,39). The van der Waals surface area contributed by atoms with Gasteiger partial charge in [0.05, 0.1) is 36.2 Å². The largest absolute Gasteiger partial charge is 0.496 e. The zero-order chi connectivity index (χ0) is 28.6. The molecule has 0 atom stereocenters. The van der Waals surface area contributed by atoms with E-state index < -0.39 is 29.2 Å². The molecule has 0 spiro atoms. The number of ether oxygens (including phenoxy) is 1. The van der Waals surface area contributed by atoms with Crippen LogP contribution in [0.4, 0.5) is 18.0 Å². The van der Waals surface area contributed by atoms with Crippen LogP contribution in [0.25, 0.3) is 23.0 Å². The number of amides is 3. The highest BCUT2D eigenvalue weighted by atomic mass is 19.4. The summed E-state index contributed by atoms with van der Waals surface area (Å²) < 4.78 is 45.5. The van der Waals surface area contributed by atoms with E-state index in [2.05, 4.69) is 10.4 Å². The third-order valence-electron chi connectivity index (χ3n) is 6.47. The van der Waals surface area contributed by atoms with Crippen LogP contribution >= 0.6 is 0 Å². The number of imide groups is 1. The number of aryl methyl sites for hydroxylation is 1. The lowest BCUT2D eigenvalue weighted by Gasteiger charge is -2.13. The van der Waals surface area contributed by atoms with Gasteiger partial charge in [0.15, 0.2) is 0 Å². The quantitative estimate of drug-likeness (QED) is 0.254. The summed E-state index contributed by atoms with van der Waals surface area (Å²) in [5.74, 6) is -0.247. The van der Waals surface area contributed by atoms with Crippen molar-refractivity contribution in [3.05, 3.63) is 111 Å². The number of benzene rings is 3. The number of rotatable bonds is 6. The van der Waals surface area contributed by atoms with E-state index in [1.165, 1.54) is 30.0 Å². The third kappa shape index (κ3) is 5.00. The molecule has 4 aromatic rings. The fraction of sp³-hybridized carbons (Fsp3) is 0.138. The van der Waals surface area contributed by atoms with E-state index in [0.717, 1.165) is 22.6 Å². The summed E-state index contributed by atoms with van der Waals surface area (Å²) in [5, 5.41) is 5.57. The SMILES string of the molecule is COc1ccccc1-c1[nH]n(-c2ccc(C)cc2)c(=O)c1C=C1NC(=O)N(Cc2ccc(C(F)(F)F)cc2)C1=O. The molecule has 0 bridgehead atoms. The van der Waals surface area contributed by atoms with Crippen LogP contribution in [0.2, 0.25) is 0 Å². The Morgan fingerprint density at radius 3 is 2.25 bits per heavy atom. The molecule has 0 saturated carbocycles. The van der Waals surface area contributed by atoms with E-state index in [9.17, 15) is 27.6 Å². The summed E-state index contributed by atoms with van der Waals surface area (Å²) >= 11 is 0. The fourth-order valence-electron chi connectivity index (χ4n) is 4.36. The number of halogens is 3. The highest BCUT2D eigenvalue weighted by Gasteiger charge is 2.35. The zero-order valence-corrected chi connectivity index (χ0v) is 21.4. The molecule has 40 heavy (non-hydrogen) atoms. The topological polar surface area (TPSA) is 96.4 Å². The Kier molecular flexibility index (Phi) is 6.80. The van der Waals surface area contributed by atoms with E-state index in [-0.39, 0.29) is 17.8 Å². The molecular formula is C29H23F3N4O4. The van der Waals surface area contributed by atoms with Gasteiger partial charge in [-0.1, -0.05) is 42.0 Å². The number of nitrogens with one attached hydrogen (secondary N) is 2. The number of H-pyrrole nitrogens is 1. The monoisotopic (exact) mass is 548 g/mol. The van der Waals surface area contributed by atoms with Crippen molar-refractivity contribution in [1.82, 2.24) is 20.0 Å². The maximum absolute atomic E-state index is 13.6. The van der Waals surface area contributed by atoms with E-state index in [1.807, 2.05) is 19.1 Å². The van der Waals surface area contributed by atoms with Gasteiger partial charge in [-0.05, 0) is 55.0 Å². The molecule has 204 valence electrons. The molecule has 3 aromatic carbocycles. The lowest BCUT2D eigenvalue weighted by Crippen LogP contribution is -2.30. The normalized spacial score (nSPS) is 14.6. The van der Waals surface area contributed by atoms with Gasteiger partial charge in [-0.25, -0.2) is 9.48 Å². The van der Waals surface area contributed by atoms with Crippen molar-refractivity contribution in [2.45, 2.75) is 19.6 Å². The number of methoxy groups -OCH3 is 1.